The van der Waals surface area contributed by atoms with Gasteiger partial charge in [0.25, 0.3) is 5.88 Å². The molecule has 3 rings (SSSR count). The van der Waals surface area contributed by atoms with E-state index >= 15 is 0 Å². The van der Waals surface area contributed by atoms with Gasteiger partial charge in [0.15, 0.2) is 0 Å². The Morgan fingerprint density at radius 1 is 1.48 bits per heavy atom. The van der Waals surface area contributed by atoms with E-state index in [4.69, 9.17) is 16.3 Å². The van der Waals surface area contributed by atoms with E-state index in [1.807, 2.05) is 11.8 Å². The van der Waals surface area contributed by atoms with E-state index in [9.17, 15) is 21.6 Å². The highest BCUT2D eigenvalue weighted by Gasteiger charge is 2.49. The van der Waals surface area contributed by atoms with Crippen LogP contribution in [0, 0.1) is 0 Å². The first kappa shape index (κ1) is 18.4. The average molecular weight is 418 g/mol. The van der Waals surface area contributed by atoms with Gasteiger partial charge in [-0.1, -0.05) is 11.6 Å². The zero-order valence-corrected chi connectivity index (χ0v) is 15.0. The minimum atomic E-state index is -5.85. The summed E-state index contributed by atoms with van der Waals surface area (Å²) in [5, 5.41) is 0.190. The van der Waals surface area contributed by atoms with Crippen LogP contribution in [0.5, 0.6) is 5.88 Å². The minimum Gasteiger partial charge on any atom is -0.377 e. The first-order chi connectivity index (χ1) is 11.6. The van der Waals surface area contributed by atoms with Crippen molar-refractivity contribution in [1.29, 1.82) is 0 Å². The van der Waals surface area contributed by atoms with Gasteiger partial charge in [0.05, 0.1) is 29.0 Å². The molecule has 2 aromatic heterocycles. The van der Waals surface area contributed by atoms with Crippen LogP contribution in [-0.4, -0.2) is 49.1 Å². The van der Waals surface area contributed by atoms with Gasteiger partial charge in [-0.2, -0.15) is 26.0 Å². The number of pyridine rings is 1. The van der Waals surface area contributed by atoms with Crippen molar-refractivity contribution in [2.45, 2.75) is 18.5 Å². The molecular formula is C12H11ClF3N3O4S2. The smallest absolute Gasteiger partial charge is 0.377 e. The fraction of sp³-hybridized carbons (Fsp3) is 0.500. The number of hydrogen-bond acceptors (Lipinski definition) is 8. The van der Waals surface area contributed by atoms with Crippen molar-refractivity contribution in [3.63, 3.8) is 0 Å². The minimum absolute atomic E-state index is 0.0374. The number of anilines is 1. The molecule has 3 heterocycles. The average Bonchev–Trinajstić information content (AvgIpc) is 2.89. The maximum atomic E-state index is 12.5. The van der Waals surface area contributed by atoms with Crippen molar-refractivity contribution in [3.8, 4) is 5.88 Å². The number of hydrogen-bond donors (Lipinski definition) is 0. The van der Waals surface area contributed by atoms with E-state index in [0.717, 1.165) is 0 Å². The first-order valence-electron chi connectivity index (χ1n) is 6.91. The Hall–Kier alpha value is -1.37. The van der Waals surface area contributed by atoms with E-state index in [2.05, 4.69) is 13.5 Å². The summed E-state index contributed by atoms with van der Waals surface area (Å²) in [4.78, 5) is 6.07. The molecule has 1 saturated heterocycles. The highest BCUT2D eigenvalue weighted by atomic mass is 35.5. The molecule has 0 spiro atoms. The van der Waals surface area contributed by atoms with Crippen molar-refractivity contribution in [1.82, 2.24) is 9.36 Å². The van der Waals surface area contributed by atoms with E-state index in [1.54, 1.807) is 6.07 Å². The third kappa shape index (κ3) is 3.48. The lowest BCUT2D eigenvalue weighted by atomic mass is 10.2. The monoisotopic (exact) mass is 417 g/mol. The van der Waals surface area contributed by atoms with Crippen molar-refractivity contribution in [3.05, 3.63) is 11.1 Å². The lowest BCUT2D eigenvalue weighted by Crippen LogP contribution is -2.44. The van der Waals surface area contributed by atoms with Crippen molar-refractivity contribution in [2.24, 2.45) is 0 Å². The van der Waals surface area contributed by atoms with Gasteiger partial charge in [-0.3, -0.25) is 0 Å². The molecular weight excluding hydrogens is 407 g/mol. The summed E-state index contributed by atoms with van der Waals surface area (Å²) in [6.07, 6.45) is 0. The SMILES string of the molecule is C[C@@H]1COCCN1c1cc(Cl)c2snc(OS(=O)(=O)C(F)(F)F)c2n1. The Morgan fingerprint density at radius 3 is 2.84 bits per heavy atom. The second-order valence-electron chi connectivity index (χ2n) is 5.23. The summed E-state index contributed by atoms with van der Waals surface area (Å²) in [5.41, 5.74) is -5.71. The molecule has 138 valence electrons. The molecule has 0 radical (unpaired) electrons. The fourth-order valence-electron chi connectivity index (χ4n) is 2.27. The number of fused-ring (bicyclic) bond motifs is 1. The predicted octanol–water partition coefficient (Wildman–Crippen LogP) is 2.80. The molecule has 0 amide bonds. The van der Waals surface area contributed by atoms with Gasteiger partial charge >= 0.3 is 15.6 Å². The Balaban J connectivity index is 2.05. The molecule has 13 heteroatoms. The van der Waals surface area contributed by atoms with Crippen LogP contribution in [0.1, 0.15) is 6.92 Å². The normalized spacial score (nSPS) is 19.4. The van der Waals surface area contributed by atoms with Crippen molar-refractivity contribution < 1.29 is 30.5 Å². The predicted molar refractivity (Wildman–Crippen MR) is 85.7 cm³/mol. The molecule has 1 aliphatic heterocycles. The Morgan fingerprint density at radius 2 is 2.20 bits per heavy atom. The van der Waals surface area contributed by atoms with Gasteiger partial charge in [-0.05, 0) is 18.5 Å². The van der Waals surface area contributed by atoms with Gasteiger partial charge < -0.3 is 13.8 Å². The molecule has 7 nitrogen and oxygen atoms in total. The zero-order chi connectivity index (χ0) is 18.4. The largest absolute Gasteiger partial charge is 0.534 e. The standard InChI is InChI=1S/C12H11ClF3N3O4S2/c1-6-5-22-3-2-19(6)8-4-7(13)10-9(17-8)11(18-24-10)23-25(20,21)12(14,15)16/h4,6H,2-3,5H2,1H3/t6-/m1/s1. The van der Waals surface area contributed by atoms with E-state index in [-0.39, 0.29) is 21.3 Å². The van der Waals surface area contributed by atoms with Crippen molar-refractivity contribution >= 4 is 49.3 Å². The van der Waals surface area contributed by atoms with Gasteiger partial charge in [-0.25, -0.2) is 4.98 Å². The molecule has 0 bridgehead atoms. The van der Waals surface area contributed by atoms with Crippen LogP contribution in [0.15, 0.2) is 6.07 Å². The highest BCUT2D eigenvalue weighted by molar-refractivity contribution is 7.88. The fourth-order valence-corrected chi connectivity index (χ4v) is 3.69. The summed E-state index contributed by atoms with van der Waals surface area (Å²) in [7, 11) is -5.85. The third-order valence-corrected chi connectivity index (χ3v) is 5.68. The topological polar surface area (TPSA) is 81.6 Å². The second-order valence-corrected chi connectivity index (χ2v) is 7.95. The van der Waals surface area contributed by atoms with Crippen LogP contribution in [0.4, 0.5) is 19.0 Å². The maximum absolute atomic E-state index is 12.5. The molecule has 1 aliphatic rings. The number of halogens is 4. The Kier molecular flexibility index (Phi) is 4.73. The van der Waals surface area contributed by atoms with Crippen LogP contribution in [-0.2, 0) is 14.9 Å². The van der Waals surface area contributed by atoms with Gasteiger partial charge in [-0.15, -0.1) is 0 Å². The van der Waals surface area contributed by atoms with Gasteiger partial charge in [0.2, 0.25) is 0 Å². The van der Waals surface area contributed by atoms with Gasteiger partial charge in [0.1, 0.15) is 11.3 Å². The molecule has 0 N–H and O–H groups in total. The molecule has 0 aromatic carbocycles. The zero-order valence-electron chi connectivity index (χ0n) is 12.6. The van der Waals surface area contributed by atoms with Crippen LogP contribution in [0.25, 0.3) is 10.2 Å². The molecule has 0 unspecified atom stereocenters. The number of alkyl halides is 3. The first-order valence-corrected chi connectivity index (χ1v) is 9.47. The third-order valence-electron chi connectivity index (χ3n) is 3.47. The molecule has 2 aromatic rings. The number of aromatic nitrogens is 2. The maximum Gasteiger partial charge on any atom is 0.534 e. The Bertz CT molecular complexity index is 903. The summed E-state index contributed by atoms with van der Waals surface area (Å²) in [6.45, 7) is 3.29. The van der Waals surface area contributed by atoms with Crippen LogP contribution < -0.4 is 9.08 Å². The van der Waals surface area contributed by atoms with Crippen LogP contribution in [0.3, 0.4) is 0 Å². The number of morpholine rings is 1. The van der Waals surface area contributed by atoms with E-state index < -0.39 is 21.5 Å². The number of rotatable bonds is 3. The van der Waals surface area contributed by atoms with Crippen LogP contribution in [0.2, 0.25) is 5.02 Å². The molecule has 1 atom stereocenters. The van der Waals surface area contributed by atoms with Crippen molar-refractivity contribution in [2.75, 3.05) is 24.7 Å². The second kappa shape index (κ2) is 6.41. The summed E-state index contributed by atoms with van der Waals surface area (Å²) >= 11 is 6.85. The molecule has 1 fully saturated rings. The molecule has 25 heavy (non-hydrogen) atoms. The number of ether oxygens (including phenoxy) is 1. The van der Waals surface area contributed by atoms with E-state index in [0.29, 0.717) is 37.1 Å². The lowest BCUT2D eigenvalue weighted by molar-refractivity contribution is -0.0500. The lowest BCUT2D eigenvalue weighted by Gasteiger charge is -2.34. The summed E-state index contributed by atoms with van der Waals surface area (Å²) < 4.78 is 73.3. The van der Waals surface area contributed by atoms with Crippen LogP contribution >= 0.6 is 23.1 Å². The van der Waals surface area contributed by atoms with E-state index in [1.165, 1.54) is 0 Å². The number of nitrogens with zero attached hydrogens (tertiary/aromatic N) is 3. The summed E-state index contributed by atoms with van der Waals surface area (Å²) in [6, 6.07) is 1.51. The summed E-state index contributed by atoms with van der Waals surface area (Å²) in [5.74, 6) is -0.371. The van der Waals surface area contributed by atoms with Gasteiger partial charge in [0, 0.05) is 12.6 Å². The molecule has 0 saturated carbocycles. The molecule has 0 aliphatic carbocycles. The quantitative estimate of drug-likeness (QED) is 0.561. The highest BCUT2D eigenvalue weighted by Crippen LogP contribution is 2.37. The Labute approximate surface area is 149 Å².